The Morgan fingerprint density at radius 1 is 1.22 bits per heavy atom. The van der Waals surface area contributed by atoms with Crippen molar-refractivity contribution in [3.8, 4) is 0 Å². The molecule has 0 spiro atoms. The van der Waals surface area contributed by atoms with Crippen LogP contribution < -0.4 is 10.2 Å². The number of rotatable bonds is 5. The summed E-state index contributed by atoms with van der Waals surface area (Å²) in [5, 5.41) is 3.35. The fraction of sp³-hybridized carbons (Fsp3) is 0.533. The van der Waals surface area contributed by atoms with Crippen LogP contribution in [0.4, 0.5) is 5.69 Å². The lowest BCUT2D eigenvalue weighted by Gasteiger charge is -2.20. The molecule has 1 heterocycles. The van der Waals surface area contributed by atoms with Gasteiger partial charge in [0.1, 0.15) is 0 Å². The second-order valence-corrected chi connectivity index (χ2v) is 5.35. The van der Waals surface area contributed by atoms with Crippen LogP contribution in [0.3, 0.4) is 0 Å². The van der Waals surface area contributed by atoms with Crippen molar-refractivity contribution in [1.29, 1.82) is 0 Å². The molecule has 1 aliphatic rings. The van der Waals surface area contributed by atoms with E-state index in [1.165, 1.54) is 0 Å². The maximum Gasteiger partial charge on any atom is 0.237 e. The fourth-order valence-corrected chi connectivity index (χ4v) is 2.51. The van der Waals surface area contributed by atoms with Gasteiger partial charge in [0.05, 0.1) is 5.41 Å². The van der Waals surface area contributed by atoms with Crippen LogP contribution in [0.25, 0.3) is 0 Å². The first-order valence-corrected chi connectivity index (χ1v) is 6.71. The minimum absolute atomic E-state index is 0.210. The van der Waals surface area contributed by atoms with Gasteiger partial charge in [-0.2, -0.15) is 0 Å². The van der Waals surface area contributed by atoms with Crippen LogP contribution in [0.15, 0.2) is 24.3 Å². The van der Waals surface area contributed by atoms with Crippen molar-refractivity contribution in [3.05, 3.63) is 29.8 Å². The van der Waals surface area contributed by atoms with Gasteiger partial charge in [0, 0.05) is 18.8 Å². The first kappa shape index (κ1) is 13.1. The topological polar surface area (TPSA) is 32.3 Å². The van der Waals surface area contributed by atoms with Crippen LogP contribution in [-0.4, -0.2) is 25.5 Å². The van der Waals surface area contributed by atoms with Crippen molar-refractivity contribution in [2.75, 3.05) is 24.5 Å². The second-order valence-electron chi connectivity index (χ2n) is 5.35. The van der Waals surface area contributed by atoms with E-state index in [9.17, 15) is 4.79 Å². The van der Waals surface area contributed by atoms with Gasteiger partial charge in [-0.1, -0.05) is 25.1 Å². The maximum absolute atomic E-state index is 12.4. The van der Waals surface area contributed by atoms with Gasteiger partial charge in [0.25, 0.3) is 0 Å². The first-order valence-electron chi connectivity index (χ1n) is 6.71. The third kappa shape index (κ3) is 2.15. The molecule has 1 aliphatic heterocycles. The number of hydrogen-bond donors (Lipinski definition) is 1. The van der Waals surface area contributed by atoms with Crippen molar-refractivity contribution >= 4 is 11.6 Å². The zero-order valence-corrected chi connectivity index (χ0v) is 11.5. The minimum atomic E-state index is -0.388. The molecule has 0 saturated heterocycles. The van der Waals surface area contributed by atoms with Crippen LogP contribution in [0, 0.1) is 0 Å². The average Bonchev–Trinajstić information content (AvgIpc) is 2.56. The highest BCUT2D eigenvalue weighted by atomic mass is 16.2. The number of nitrogens with zero attached hydrogens (tertiary/aromatic N) is 1. The number of fused-ring (bicyclic) bond motifs is 1. The van der Waals surface area contributed by atoms with E-state index in [1.54, 1.807) is 0 Å². The van der Waals surface area contributed by atoms with Crippen LogP contribution in [0.1, 0.15) is 32.8 Å². The van der Waals surface area contributed by atoms with Crippen LogP contribution >= 0.6 is 0 Å². The third-order valence-electron chi connectivity index (χ3n) is 3.59. The first-order chi connectivity index (χ1) is 8.59. The van der Waals surface area contributed by atoms with Crippen molar-refractivity contribution in [1.82, 2.24) is 5.32 Å². The normalized spacial score (nSPS) is 17.1. The lowest BCUT2D eigenvalue weighted by Crippen LogP contribution is -2.40. The van der Waals surface area contributed by atoms with Gasteiger partial charge in [-0.15, -0.1) is 0 Å². The highest BCUT2D eigenvalue weighted by molar-refractivity contribution is 6.07. The number of hydrogen-bond acceptors (Lipinski definition) is 2. The molecule has 3 nitrogen and oxygen atoms in total. The molecule has 0 aliphatic carbocycles. The summed E-state index contributed by atoms with van der Waals surface area (Å²) in [7, 11) is 0. The minimum Gasteiger partial charge on any atom is -0.315 e. The molecule has 0 radical (unpaired) electrons. The van der Waals surface area contributed by atoms with E-state index in [1.807, 2.05) is 36.9 Å². The molecular weight excluding hydrogens is 224 g/mol. The summed E-state index contributed by atoms with van der Waals surface area (Å²) in [4.78, 5) is 14.4. The van der Waals surface area contributed by atoms with Gasteiger partial charge in [-0.25, -0.2) is 0 Å². The Kier molecular flexibility index (Phi) is 3.71. The molecule has 0 aromatic heterocycles. The summed E-state index contributed by atoms with van der Waals surface area (Å²) < 4.78 is 0. The number of amides is 1. The molecule has 98 valence electrons. The molecule has 1 amide bonds. The van der Waals surface area contributed by atoms with Crippen LogP contribution in [-0.2, 0) is 10.2 Å². The molecule has 1 aromatic rings. The SMILES string of the molecule is CCCNCCN1C(=O)C(C)(C)c2ccccc21. The van der Waals surface area contributed by atoms with E-state index in [-0.39, 0.29) is 11.3 Å². The van der Waals surface area contributed by atoms with Crippen LogP contribution in [0.5, 0.6) is 0 Å². The Hall–Kier alpha value is -1.35. The van der Waals surface area contributed by atoms with Gasteiger partial charge in [-0.05, 0) is 38.4 Å². The lowest BCUT2D eigenvalue weighted by molar-refractivity contribution is -0.122. The second kappa shape index (κ2) is 5.11. The molecule has 0 unspecified atom stereocenters. The van der Waals surface area contributed by atoms with E-state index < -0.39 is 0 Å². The molecule has 18 heavy (non-hydrogen) atoms. The summed E-state index contributed by atoms with van der Waals surface area (Å²) in [6.07, 6.45) is 1.12. The van der Waals surface area contributed by atoms with Crippen molar-refractivity contribution < 1.29 is 4.79 Å². The largest absolute Gasteiger partial charge is 0.315 e. The zero-order valence-electron chi connectivity index (χ0n) is 11.5. The van der Waals surface area contributed by atoms with Crippen LogP contribution in [0.2, 0.25) is 0 Å². The molecule has 3 heteroatoms. The van der Waals surface area contributed by atoms with Crippen molar-refractivity contribution in [2.24, 2.45) is 0 Å². The molecular formula is C15H22N2O. The molecule has 0 atom stereocenters. The van der Waals surface area contributed by atoms with E-state index in [4.69, 9.17) is 0 Å². The Labute approximate surface area is 109 Å². The highest BCUT2D eigenvalue weighted by Gasteiger charge is 2.43. The van der Waals surface area contributed by atoms with Gasteiger partial charge in [0.15, 0.2) is 0 Å². The molecule has 0 saturated carbocycles. The van der Waals surface area contributed by atoms with Crippen molar-refractivity contribution in [2.45, 2.75) is 32.6 Å². The zero-order chi connectivity index (χ0) is 13.2. The number of carbonyl (C=O) groups excluding carboxylic acids is 1. The van der Waals surface area contributed by atoms with Gasteiger partial charge in [0.2, 0.25) is 5.91 Å². The van der Waals surface area contributed by atoms with Gasteiger partial charge < -0.3 is 10.2 Å². The Morgan fingerprint density at radius 3 is 2.67 bits per heavy atom. The monoisotopic (exact) mass is 246 g/mol. The molecule has 1 aromatic carbocycles. The van der Waals surface area contributed by atoms with E-state index in [0.717, 1.165) is 37.3 Å². The number of para-hydroxylation sites is 1. The summed E-state index contributed by atoms with van der Waals surface area (Å²) in [5.74, 6) is 0.210. The quantitative estimate of drug-likeness (QED) is 0.809. The maximum atomic E-state index is 12.4. The number of carbonyl (C=O) groups is 1. The summed E-state index contributed by atoms with van der Waals surface area (Å²) in [6.45, 7) is 8.77. The summed E-state index contributed by atoms with van der Waals surface area (Å²) in [5.41, 5.74) is 1.83. The smallest absolute Gasteiger partial charge is 0.237 e. The highest BCUT2D eigenvalue weighted by Crippen LogP contribution is 2.40. The van der Waals surface area contributed by atoms with E-state index >= 15 is 0 Å². The van der Waals surface area contributed by atoms with E-state index in [2.05, 4.69) is 18.3 Å². The predicted octanol–water partition coefficient (Wildman–Crippen LogP) is 2.31. The van der Waals surface area contributed by atoms with Gasteiger partial charge in [-0.3, -0.25) is 4.79 Å². The van der Waals surface area contributed by atoms with Gasteiger partial charge >= 0.3 is 0 Å². The summed E-state index contributed by atoms with van der Waals surface area (Å²) in [6, 6.07) is 8.11. The van der Waals surface area contributed by atoms with E-state index in [0.29, 0.717) is 0 Å². The summed E-state index contributed by atoms with van der Waals surface area (Å²) >= 11 is 0. The third-order valence-corrected chi connectivity index (χ3v) is 3.59. The molecule has 1 N–H and O–H groups in total. The Morgan fingerprint density at radius 2 is 1.94 bits per heavy atom. The molecule has 0 bridgehead atoms. The average molecular weight is 246 g/mol. The molecule has 2 rings (SSSR count). The molecule has 0 fully saturated rings. The Bertz CT molecular complexity index is 440. The van der Waals surface area contributed by atoms with Crippen molar-refractivity contribution in [3.63, 3.8) is 0 Å². The Balaban J connectivity index is 2.15. The number of nitrogens with one attached hydrogen (secondary N) is 1. The predicted molar refractivity (Wildman–Crippen MR) is 75.0 cm³/mol. The fourth-order valence-electron chi connectivity index (χ4n) is 2.51. The number of anilines is 1. The number of benzene rings is 1. The lowest BCUT2D eigenvalue weighted by atomic mass is 9.86. The standard InChI is InChI=1S/C15H22N2O/c1-4-9-16-10-11-17-13-8-6-5-7-12(13)15(2,3)14(17)18/h5-8,16H,4,9-11H2,1-3H3.